The summed E-state index contributed by atoms with van der Waals surface area (Å²) in [5, 5.41) is 3.20. The van der Waals surface area contributed by atoms with E-state index in [-0.39, 0.29) is 0 Å². The molecule has 0 atom stereocenters. The van der Waals surface area contributed by atoms with E-state index in [4.69, 9.17) is 14.1 Å². The van der Waals surface area contributed by atoms with Gasteiger partial charge in [-0.3, -0.25) is 4.66 Å². The van der Waals surface area contributed by atoms with Gasteiger partial charge in [-0.1, -0.05) is 0 Å². The van der Waals surface area contributed by atoms with Crippen LogP contribution in [-0.2, 0) is 0 Å². The van der Waals surface area contributed by atoms with Crippen molar-refractivity contribution in [3.8, 4) is 11.5 Å². The van der Waals surface area contributed by atoms with E-state index in [1.807, 2.05) is 18.2 Å². The standard InChI is InChI=1S/C9H11NO2.ClHO/c1-2-10-7-3-4-8-9(5-7)12-6-11-8;1-2/h3-5,10H,2,6H2,1H3;2H. The molecule has 1 aliphatic heterocycles. The van der Waals surface area contributed by atoms with Gasteiger partial charge in [-0.2, -0.15) is 0 Å². The molecule has 2 rings (SSSR count). The Morgan fingerprint density at radius 1 is 1.36 bits per heavy atom. The summed E-state index contributed by atoms with van der Waals surface area (Å²) in [4.78, 5) is 0. The highest BCUT2D eigenvalue weighted by Crippen LogP contribution is 2.33. The second-order valence-corrected chi connectivity index (χ2v) is 2.60. The number of hydrogen-bond donors (Lipinski definition) is 2. The number of ether oxygens (including phenoxy) is 2. The Morgan fingerprint density at radius 3 is 2.79 bits per heavy atom. The third-order valence-corrected chi connectivity index (χ3v) is 1.75. The van der Waals surface area contributed by atoms with Crippen LogP contribution in [0.15, 0.2) is 18.2 Å². The predicted molar refractivity (Wildman–Crippen MR) is 54.8 cm³/mol. The van der Waals surface area contributed by atoms with Crippen LogP contribution in [0.1, 0.15) is 6.92 Å². The third-order valence-electron chi connectivity index (χ3n) is 1.75. The topological polar surface area (TPSA) is 50.7 Å². The zero-order valence-electron chi connectivity index (χ0n) is 7.79. The van der Waals surface area contributed by atoms with Crippen molar-refractivity contribution in [2.45, 2.75) is 6.92 Å². The number of nitrogens with one attached hydrogen (secondary N) is 1. The fraction of sp³-hybridized carbons (Fsp3) is 0.333. The fourth-order valence-electron chi connectivity index (χ4n) is 1.21. The lowest BCUT2D eigenvalue weighted by atomic mass is 10.3. The second-order valence-electron chi connectivity index (χ2n) is 2.60. The van der Waals surface area contributed by atoms with Crippen LogP contribution in [0.25, 0.3) is 0 Å². The van der Waals surface area contributed by atoms with Gasteiger partial charge in [-0.15, -0.1) is 0 Å². The molecule has 0 fully saturated rings. The number of halogens is 1. The first-order valence-corrected chi connectivity index (χ1v) is 4.54. The molecule has 14 heavy (non-hydrogen) atoms. The van der Waals surface area contributed by atoms with Gasteiger partial charge in [0.15, 0.2) is 11.5 Å². The SMILES string of the molecule is CCNc1ccc2c(c1)OCO2.OCl. The number of anilines is 1. The maximum atomic E-state index is 6.47. The van der Waals surface area contributed by atoms with Gasteiger partial charge in [0.1, 0.15) is 0 Å². The normalized spacial score (nSPS) is 11.6. The van der Waals surface area contributed by atoms with Gasteiger partial charge in [-0.25, -0.2) is 0 Å². The quantitative estimate of drug-likeness (QED) is 0.796. The van der Waals surface area contributed by atoms with E-state index in [1.54, 1.807) is 0 Å². The van der Waals surface area contributed by atoms with Crippen molar-refractivity contribution in [2.24, 2.45) is 0 Å². The molecule has 1 aromatic rings. The van der Waals surface area contributed by atoms with Gasteiger partial charge < -0.3 is 14.8 Å². The minimum atomic E-state index is 0.338. The van der Waals surface area contributed by atoms with Gasteiger partial charge in [0, 0.05) is 18.3 Å². The molecule has 0 aromatic heterocycles. The molecule has 78 valence electrons. The van der Waals surface area contributed by atoms with Crippen LogP contribution >= 0.6 is 11.9 Å². The average Bonchev–Trinajstić information content (AvgIpc) is 2.68. The molecular formula is C9H12ClNO3. The maximum Gasteiger partial charge on any atom is 0.231 e. The first-order chi connectivity index (χ1) is 6.90. The molecule has 0 saturated heterocycles. The minimum absolute atomic E-state index is 0.338. The predicted octanol–water partition coefficient (Wildman–Crippen LogP) is 1.98. The molecule has 0 amide bonds. The summed E-state index contributed by atoms with van der Waals surface area (Å²) < 4.78 is 16.9. The van der Waals surface area contributed by atoms with E-state index in [2.05, 4.69) is 24.1 Å². The monoisotopic (exact) mass is 217 g/mol. The molecule has 0 bridgehead atoms. The van der Waals surface area contributed by atoms with Crippen molar-refractivity contribution in [1.82, 2.24) is 0 Å². The Balaban J connectivity index is 0.000000461. The highest BCUT2D eigenvalue weighted by Gasteiger charge is 2.12. The molecule has 1 heterocycles. The summed E-state index contributed by atoms with van der Waals surface area (Å²) in [5.41, 5.74) is 1.07. The van der Waals surface area contributed by atoms with Gasteiger partial charge >= 0.3 is 0 Å². The molecule has 5 heteroatoms. The number of benzene rings is 1. The molecule has 0 saturated carbocycles. The molecular weight excluding hydrogens is 206 g/mol. The van der Waals surface area contributed by atoms with Crippen LogP contribution in [0.5, 0.6) is 11.5 Å². The molecule has 4 nitrogen and oxygen atoms in total. The van der Waals surface area contributed by atoms with Gasteiger partial charge in [0.2, 0.25) is 6.79 Å². The van der Waals surface area contributed by atoms with Crippen molar-refractivity contribution in [3.05, 3.63) is 18.2 Å². The van der Waals surface area contributed by atoms with Crippen molar-refractivity contribution < 1.29 is 14.1 Å². The summed E-state index contributed by atoms with van der Waals surface area (Å²) in [5.74, 6) is 1.66. The van der Waals surface area contributed by atoms with E-state index >= 15 is 0 Å². The van der Waals surface area contributed by atoms with E-state index in [0.29, 0.717) is 6.79 Å². The highest BCUT2D eigenvalue weighted by atomic mass is 35.5. The van der Waals surface area contributed by atoms with Crippen molar-refractivity contribution in [3.63, 3.8) is 0 Å². The smallest absolute Gasteiger partial charge is 0.231 e. The fourth-order valence-corrected chi connectivity index (χ4v) is 1.21. The maximum absolute atomic E-state index is 6.47. The Bertz CT molecular complexity index is 293. The first kappa shape index (κ1) is 10.9. The highest BCUT2D eigenvalue weighted by molar-refractivity contribution is 6.04. The summed E-state index contributed by atoms with van der Waals surface area (Å²) in [6.07, 6.45) is 0. The Morgan fingerprint density at radius 2 is 2.07 bits per heavy atom. The van der Waals surface area contributed by atoms with Crippen LogP contribution in [0.4, 0.5) is 5.69 Å². The molecule has 0 spiro atoms. The zero-order chi connectivity index (χ0) is 10.4. The Hall–Kier alpha value is -1.13. The van der Waals surface area contributed by atoms with Crippen molar-refractivity contribution in [2.75, 3.05) is 18.7 Å². The first-order valence-electron chi connectivity index (χ1n) is 4.20. The second kappa shape index (κ2) is 5.57. The minimum Gasteiger partial charge on any atom is -0.454 e. The van der Waals surface area contributed by atoms with E-state index in [9.17, 15) is 0 Å². The van der Waals surface area contributed by atoms with Gasteiger partial charge in [-0.05, 0) is 19.1 Å². The van der Waals surface area contributed by atoms with E-state index in [0.717, 1.165) is 23.7 Å². The number of hydrogen-bond acceptors (Lipinski definition) is 4. The lowest BCUT2D eigenvalue weighted by Gasteiger charge is -2.03. The lowest BCUT2D eigenvalue weighted by Crippen LogP contribution is -1.95. The molecule has 1 aliphatic rings. The lowest BCUT2D eigenvalue weighted by molar-refractivity contribution is 0.174. The largest absolute Gasteiger partial charge is 0.454 e. The summed E-state index contributed by atoms with van der Waals surface area (Å²) >= 11 is 3.64. The average molecular weight is 218 g/mol. The van der Waals surface area contributed by atoms with Gasteiger partial charge in [0.25, 0.3) is 0 Å². The third kappa shape index (κ3) is 2.43. The van der Waals surface area contributed by atoms with Crippen LogP contribution in [-0.4, -0.2) is 18.0 Å². The van der Waals surface area contributed by atoms with E-state index in [1.165, 1.54) is 0 Å². The van der Waals surface area contributed by atoms with Crippen LogP contribution < -0.4 is 14.8 Å². The summed E-state index contributed by atoms with van der Waals surface area (Å²) in [6, 6.07) is 5.85. The molecule has 1 aromatic carbocycles. The van der Waals surface area contributed by atoms with Crippen LogP contribution in [0.3, 0.4) is 0 Å². The molecule has 0 unspecified atom stereocenters. The van der Waals surface area contributed by atoms with Crippen molar-refractivity contribution in [1.29, 1.82) is 0 Å². The number of rotatable bonds is 2. The molecule has 0 aliphatic carbocycles. The number of fused-ring (bicyclic) bond motifs is 1. The van der Waals surface area contributed by atoms with Gasteiger partial charge in [0.05, 0.1) is 11.9 Å². The zero-order valence-corrected chi connectivity index (χ0v) is 8.54. The van der Waals surface area contributed by atoms with Crippen LogP contribution in [0.2, 0.25) is 0 Å². The van der Waals surface area contributed by atoms with E-state index < -0.39 is 0 Å². The van der Waals surface area contributed by atoms with Crippen LogP contribution in [0, 0.1) is 0 Å². The molecule has 2 N–H and O–H groups in total. The summed E-state index contributed by atoms with van der Waals surface area (Å²) in [6.45, 7) is 3.31. The summed E-state index contributed by atoms with van der Waals surface area (Å²) in [7, 11) is 0. The Labute approximate surface area is 87.6 Å². The Kier molecular flexibility index (Phi) is 4.35. The molecule has 0 radical (unpaired) electrons. The van der Waals surface area contributed by atoms with Crippen molar-refractivity contribution >= 4 is 17.6 Å².